The van der Waals surface area contributed by atoms with Crippen LogP contribution in [0.5, 0.6) is 0 Å². The molecule has 0 unspecified atom stereocenters. The topological polar surface area (TPSA) is 49.5 Å². The van der Waals surface area contributed by atoms with Gasteiger partial charge >= 0.3 is 0 Å². The molecule has 0 atom stereocenters. The zero-order valence-electron chi connectivity index (χ0n) is 10.3. The summed E-state index contributed by atoms with van der Waals surface area (Å²) in [6.07, 6.45) is 4.00. The number of aliphatic hydroxyl groups is 1. The van der Waals surface area contributed by atoms with Crippen LogP contribution in [0.25, 0.3) is 0 Å². The Bertz CT molecular complexity index is 321. The van der Waals surface area contributed by atoms with E-state index in [2.05, 4.69) is 23.6 Å². The van der Waals surface area contributed by atoms with Gasteiger partial charge in [-0.05, 0) is 37.1 Å². The summed E-state index contributed by atoms with van der Waals surface area (Å²) in [6.45, 7) is 6.46. The van der Waals surface area contributed by atoms with Crippen molar-refractivity contribution in [1.29, 1.82) is 0 Å². The van der Waals surface area contributed by atoms with E-state index in [-0.39, 0.29) is 6.61 Å². The Morgan fingerprint density at radius 2 is 1.94 bits per heavy atom. The minimum Gasteiger partial charge on any atom is -0.399 e. The molecule has 0 amide bonds. The van der Waals surface area contributed by atoms with Gasteiger partial charge in [0.15, 0.2) is 0 Å². The molecule has 0 aliphatic rings. The second-order valence-electron chi connectivity index (χ2n) is 4.16. The van der Waals surface area contributed by atoms with Crippen LogP contribution in [0.4, 0.5) is 5.69 Å². The number of benzene rings is 1. The van der Waals surface area contributed by atoms with Gasteiger partial charge in [-0.2, -0.15) is 0 Å². The molecule has 94 valence electrons. The molecule has 0 fully saturated rings. The molecule has 0 aromatic heterocycles. The van der Waals surface area contributed by atoms with Crippen LogP contribution in [0.3, 0.4) is 0 Å². The summed E-state index contributed by atoms with van der Waals surface area (Å²) in [5.41, 5.74) is 7.75. The van der Waals surface area contributed by atoms with Gasteiger partial charge in [-0.25, -0.2) is 0 Å². The van der Waals surface area contributed by atoms with Crippen molar-refractivity contribution in [2.24, 2.45) is 0 Å². The van der Waals surface area contributed by atoms with Crippen LogP contribution in [0.15, 0.2) is 36.9 Å². The zero-order valence-corrected chi connectivity index (χ0v) is 10.3. The molecule has 0 bridgehead atoms. The fourth-order valence-electron chi connectivity index (χ4n) is 1.81. The third-order valence-corrected chi connectivity index (χ3v) is 2.72. The minimum absolute atomic E-state index is 0.204. The highest BCUT2D eigenvalue weighted by molar-refractivity contribution is 5.39. The third-order valence-electron chi connectivity index (χ3n) is 2.72. The second kappa shape index (κ2) is 7.87. The minimum atomic E-state index is 0.204. The molecule has 0 aliphatic carbocycles. The molecule has 1 rings (SSSR count). The Balaban J connectivity index is 2.29. The summed E-state index contributed by atoms with van der Waals surface area (Å²) in [5, 5.41) is 8.92. The Kier molecular flexibility index (Phi) is 6.37. The van der Waals surface area contributed by atoms with Crippen molar-refractivity contribution in [3.8, 4) is 0 Å². The lowest BCUT2D eigenvalue weighted by molar-refractivity contribution is 0.207. The highest BCUT2D eigenvalue weighted by Crippen LogP contribution is 2.08. The molecule has 0 spiro atoms. The van der Waals surface area contributed by atoms with Crippen LogP contribution in [0.1, 0.15) is 12.0 Å². The summed E-state index contributed by atoms with van der Waals surface area (Å²) in [4.78, 5) is 2.20. The average Bonchev–Trinajstić information content (AvgIpc) is 2.32. The van der Waals surface area contributed by atoms with E-state index < -0.39 is 0 Å². The van der Waals surface area contributed by atoms with Crippen LogP contribution in [-0.4, -0.2) is 36.2 Å². The van der Waals surface area contributed by atoms with E-state index in [1.807, 2.05) is 18.2 Å². The lowest BCUT2D eigenvalue weighted by Crippen LogP contribution is -2.28. The fourth-order valence-corrected chi connectivity index (χ4v) is 1.81. The van der Waals surface area contributed by atoms with Crippen molar-refractivity contribution in [3.05, 3.63) is 42.5 Å². The van der Waals surface area contributed by atoms with Crippen molar-refractivity contribution in [3.63, 3.8) is 0 Å². The van der Waals surface area contributed by atoms with Crippen molar-refractivity contribution >= 4 is 5.69 Å². The van der Waals surface area contributed by atoms with Gasteiger partial charge in [-0.15, -0.1) is 6.58 Å². The predicted octanol–water partition coefficient (Wildman–Crippen LogP) is 1.68. The van der Waals surface area contributed by atoms with Crippen LogP contribution in [0.2, 0.25) is 0 Å². The maximum atomic E-state index is 8.92. The highest BCUT2D eigenvalue weighted by atomic mass is 16.3. The van der Waals surface area contributed by atoms with Gasteiger partial charge in [0.25, 0.3) is 0 Å². The number of nitrogens with two attached hydrogens (primary N) is 1. The number of nitrogen functional groups attached to an aromatic ring is 1. The smallest absolute Gasteiger partial charge is 0.0558 e. The van der Waals surface area contributed by atoms with Crippen LogP contribution < -0.4 is 5.73 Å². The van der Waals surface area contributed by atoms with Gasteiger partial charge in [0, 0.05) is 18.8 Å². The van der Waals surface area contributed by atoms with Gasteiger partial charge < -0.3 is 10.8 Å². The fraction of sp³-hybridized carbons (Fsp3) is 0.429. The largest absolute Gasteiger partial charge is 0.399 e. The van der Waals surface area contributed by atoms with Crippen LogP contribution >= 0.6 is 0 Å². The number of hydrogen-bond acceptors (Lipinski definition) is 3. The van der Waals surface area contributed by atoms with E-state index in [0.717, 1.165) is 31.6 Å². The predicted molar refractivity (Wildman–Crippen MR) is 72.9 cm³/mol. The first-order valence-corrected chi connectivity index (χ1v) is 6.05. The van der Waals surface area contributed by atoms with Crippen molar-refractivity contribution < 1.29 is 5.11 Å². The lowest BCUT2D eigenvalue weighted by Gasteiger charge is -2.19. The number of hydrogen-bond donors (Lipinski definition) is 2. The van der Waals surface area contributed by atoms with E-state index in [1.165, 1.54) is 5.56 Å². The number of aryl methyl sites for hydroxylation is 1. The second-order valence-corrected chi connectivity index (χ2v) is 4.16. The monoisotopic (exact) mass is 234 g/mol. The van der Waals surface area contributed by atoms with Crippen molar-refractivity contribution in [2.75, 3.05) is 32.0 Å². The summed E-state index contributed by atoms with van der Waals surface area (Å²) in [6, 6.07) is 8.01. The quantitative estimate of drug-likeness (QED) is 0.531. The normalized spacial score (nSPS) is 10.7. The molecule has 3 nitrogen and oxygen atoms in total. The zero-order chi connectivity index (χ0) is 12.5. The number of anilines is 1. The van der Waals surface area contributed by atoms with Gasteiger partial charge in [0.2, 0.25) is 0 Å². The van der Waals surface area contributed by atoms with Gasteiger partial charge in [0.05, 0.1) is 6.61 Å². The summed E-state index contributed by atoms with van der Waals surface area (Å²) in [5.74, 6) is 0. The van der Waals surface area contributed by atoms with Gasteiger partial charge in [-0.1, -0.05) is 18.2 Å². The van der Waals surface area contributed by atoms with Gasteiger partial charge in [-0.3, -0.25) is 4.90 Å². The third kappa shape index (κ3) is 5.52. The molecule has 0 saturated heterocycles. The molecule has 0 radical (unpaired) electrons. The summed E-state index contributed by atoms with van der Waals surface area (Å²) in [7, 11) is 0. The molecule has 0 heterocycles. The van der Waals surface area contributed by atoms with Crippen molar-refractivity contribution in [1.82, 2.24) is 4.90 Å². The Labute approximate surface area is 104 Å². The maximum Gasteiger partial charge on any atom is 0.0558 e. The Morgan fingerprint density at radius 1 is 1.24 bits per heavy atom. The molecular formula is C14H22N2O. The molecule has 1 aromatic rings. The van der Waals surface area contributed by atoms with E-state index in [1.54, 1.807) is 0 Å². The molecule has 1 aromatic carbocycles. The lowest BCUT2D eigenvalue weighted by atomic mass is 10.1. The summed E-state index contributed by atoms with van der Waals surface area (Å²) >= 11 is 0. The van der Waals surface area contributed by atoms with E-state index in [9.17, 15) is 0 Å². The first-order chi connectivity index (χ1) is 8.26. The first-order valence-electron chi connectivity index (χ1n) is 6.05. The van der Waals surface area contributed by atoms with E-state index in [4.69, 9.17) is 10.8 Å². The van der Waals surface area contributed by atoms with E-state index >= 15 is 0 Å². The average molecular weight is 234 g/mol. The number of rotatable bonds is 8. The standard InChI is InChI=1S/C14H22N2O/c1-2-9-16(11-12-17)10-3-4-13-5-7-14(15)8-6-13/h2,5-8,17H,1,3-4,9-12,15H2. The molecule has 0 aliphatic heterocycles. The molecule has 3 N–H and O–H groups in total. The van der Waals surface area contributed by atoms with Gasteiger partial charge in [0.1, 0.15) is 0 Å². The number of aliphatic hydroxyl groups excluding tert-OH is 1. The molecule has 0 saturated carbocycles. The van der Waals surface area contributed by atoms with Crippen LogP contribution in [-0.2, 0) is 6.42 Å². The van der Waals surface area contributed by atoms with E-state index in [0.29, 0.717) is 6.54 Å². The number of nitrogens with zero attached hydrogens (tertiary/aromatic N) is 1. The Morgan fingerprint density at radius 3 is 2.53 bits per heavy atom. The molecule has 17 heavy (non-hydrogen) atoms. The van der Waals surface area contributed by atoms with Crippen LogP contribution in [0, 0.1) is 0 Å². The molecular weight excluding hydrogens is 212 g/mol. The maximum absolute atomic E-state index is 8.92. The van der Waals surface area contributed by atoms with Crippen molar-refractivity contribution in [2.45, 2.75) is 12.8 Å². The first kappa shape index (κ1) is 13.7. The summed E-state index contributed by atoms with van der Waals surface area (Å²) < 4.78 is 0. The molecule has 3 heteroatoms. The highest BCUT2D eigenvalue weighted by Gasteiger charge is 2.01. The SMILES string of the molecule is C=CCN(CCO)CCCc1ccc(N)cc1. The Hall–Kier alpha value is -1.32.